The lowest BCUT2D eigenvalue weighted by molar-refractivity contribution is 0.0601. The molecule has 0 heterocycles. The Hall–Kier alpha value is -1.59. The zero-order chi connectivity index (χ0) is 13.3. The first-order valence-corrected chi connectivity index (χ1v) is 7.30. The summed E-state index contributed by atoms with van der Waals surface area (Å²) in [6.07, 6.45) is 0. The fraction of sp³-hybridized carbons (Fsp3) is 0.0833. The third-order valence-electron chi connectivity index (χ3n) is 2.53. The first-order chi connectivity index (χ1) is 8.43. The highest BCUT2D eigenvalue weighted by molar-refractivity contribution is 8.14. The molecule has 0 aliphatic carbocycles. The molecular weight excluding hydrogens is 276 g/mol. The van der Waals surface area contributed by atoms with Crippen LogP contribution in [0.3, 0.4) is 0 Å². The van der Waals surface area contributed by atoms with Crippen molar-refractivity contribution in [1.82, 2.24) is 0 Å². The van der Waals surface area contributed by atoms with E-state index in [0.717, 1.165) is 0 Å². The van der Waals surface area contributed by atoms with Crippen molar-refractivity contribution in [3.63, 3.8) is 0 Å². The Kier molecular flexibility index (Phi) is 3.28. The molecule has 0 saturated heterocycles. The molecule has 0 unspecified atom stereocenters. The van der Waals surface area contributed by atoms with E-state index in [2.05, 4.69) is 4.74 Å². The molecule has 2 aromatic rings. The molecule has 0 aromatic heterocycles. The third-order valence-corrected chi connectivity index (χ3v) is 3.91. The van der Waals surface area contributed by atoms with Crippen molar-refractivity contribution < 1.29 is 17.9 Å². The number of esters is 1. The molecule has 4 nitrogen and oxygen atoms in total. The summed E-state index contributed by atoms with van der Waals surface area (Å²) in [6.45, 7) is 0. The minimum Gasteiger partial charge on any atom is -0.465 e. The SMILES string of the molecule is COC(=O)c1ccc2cccc(S(=O)(=O)Cl)c2c1. The summed E-state index contributed by atoms with van der Waals surface area (Å²) in [4.78, 5) is 11.4. The first kappa shape index (κ1) is 12.9. The fourth-order valence-corrected chi connectivity index (χ4v) is 2.79. The molecule has 0 aliphatic rings. The highest BCUT2D eigenvalue weighted by Gasteiger charge is 2.15. The summed E-state index contributed by atoms with van der Waals surface area (Å²) in [6, 6.07) is 9.39. The van der Waals surface area contributed by atoms with Crippen molar-refractivity contribution >= 4 is 36.5 Å². The van der Waals surface area contributed by atoms with E-state index in [1.807, 2.05) is 0 Å². The number of rotatable bonds is 2. The Morgan fingerprint density at radius 3 is 2.56 bits per heavy atom. The Balaban J connectivity index is 2.78. The van der Waals surface area contributed by atoms with Crippen LogP contribution in [0, 0.1) is 0 Å². The quantitative estimate of drug-likeness (QED) is 0.628. The van der Waals surface area contributed by atoms with Crippen LogP contribution < -0.4 is 0 Å². The average Bonchev–Trinajstić information content (AvgIpc) is 2.35. The molecule has 0 aliphatic heterocycles. The summed E-state index contributed by atoms with van der Waals surface area (Å²) < 4.78 is 27.5. The topological polar surface area (TPSA) is 60.4 Å². The Bertz CT molecular complexity index is 722. The second-order valence-electron chi connectivity index (χ2n) is 3.62. The molecule has 6 heteroatoms. The number of fused-ring (bicyclic) bond motifs is 1. The van der Waals surface area contributed by atoms with Crippen LogP contribution in [0.1, 0.15) is 10.4 Å². The summed E-state index contributed by atoms with van der Waals surface area (Å²) in [5, 5.41) is 1.08. The third kappa shape index (κ3) is 2.32. The molecule has 0 N–H and O–H groups in total. The first-order valence-electron chi connectivity index (χ1n) is 4.99. The number of carbonyl (C=O) groups excluding carboxylic acids is 1. The van der Waals surface area contributed by atoms with Gasteiger partial charge in [-0.2, -0.15) is 0 Å². The van der Waals surface area contributed by atoms with E-state index in [-0.39, 0.29) is 10.5 Å². The number of carbonyl (C=O) groups is 1. The maximum atomic E-state index is 11.4. The molecule has 18 heavy (non-hydrogen) atoms. The van der Waals surface area contributed by atoms with Crippen LogP contribution in [0.5, 0.6) is 0 Å². The zero-order valence-corrected chi connectivity index (χ0v) is 11.0. The minimum atomic E-state index is -3.86. The second-order valence-corrected chi connectivity index (χ2v) is 6.16. The second kappa shape index (κ2) is 4.59. The Morgan fingerprint density at radius 1 is 1.22 bits per heavy atom. The van der Waals surface area contributed by atoms with Crippen LogP contribution in [-0.2, 0) is 13.8 Å². The molecule has 0 amide bonds. The molecule has 0 spiro atoms. The summed E-state index contributed by atoms with van der Waals surface area (Å²) in [5.41, 5.74) is 0.276. The standard InChI is InChI=1S/C12H9ClO4S/c1-17-12(14)9-6-5-8-3-2-4-11(10(8)7-9)18(13,15)16/h2-7H,1H3. The van der Waals surface area contributed by atoms with Gasteiger partial charge in [0.15, 0.2) is 0 Å². The van der Waals surface area contributed by atoms with Gasteiger partial charge in [-0.3, -0.25) is 0 Å². The van der Waals surface area contributed by atoms with Crippen molar-refractivity contribution in [2.24, 2.45) is 0 Å². The van der Waals surface area contributed by atoms with Crippen LogP contribution in [0.25, 0.3) is 10.8 Å². The van der Waals surface area contributed by atoms with Gasteiger partial charge in [0.1, 0.15) is 0 Å². The molecule has 0 saturated carbocycles. The molecule has 94 valence electrons. The van der Waals surface area contributed by atoms with Crippen molar-refractivity contribution in [3.05, 3.63) is 42.0 Å². The average molecular weight is 285 g/mol. The molecule has 0 bridgehead atoms. The van der Waals surface area contributed by atoms with Crippen molar-refractivity contribution in [2.75, 3.05) is 7.11 Å². The van der Waals surface area contributed by atoms with E-state index in [4.69, 9.17) is 10.7 Å². The van der Waals surface area contributed by atoms with Crippen LogP contribution in [0.2, 0.25) is 0 Å². The largest absolute Gasteiger partial charge is 0.465 e. The van der Waals surface area contributed by atoms with Gasteiger partial charge in [-0.25, -0.2) is 13.2 Å². The molecular formula is C12H9ClO4S. The van der Waals surface area contributed by atoms with Crippen LogP contribution in [0.4, 0.5) is 0 Å². The van der Waals surface area contributed by atoms with E-state index in [1.54, 1.807) is 24.3 Å². The van der Waals surface area contributed by atoms with Gasteiger partial charge in [0.25, 0.3) is 9.05 Å². The molecule has 0 fully saturated rings. The van der Waals surface area contributed by atoms with Crippen molar-refractivity contribution in [1.29, 1.82) is 0 Å². The number of halogens is 1. The predicted molar refractivity (Wildman–Crippen MR) is 68.3 cm³/mol. The highest BCUT2D eigenvalue weighted by Crippen LogP contribution is 2.26. The minimum absolute atomic E-state index is 0.0209. The normalized spacial score (nSPS) is 11.4. The molecule has 0 atom stereocenters. The maximum absolute atomic E-state index is 11.4. The summed E-state index contributed by atoms with van der Waals surface area (Å²) >= 11 is 0. The summed E-state index contributed by atoms with van der Waals surface area (Å²) in [7, 11) is 2.76. The smallest absolute Gasteiger partial charge is 0.337 e. The number of hydrogen-bond donors (Lipinski definition) is 0. The maximum Gasteiger partial charge on any atom is 0.337 e. The van der Waals surface area contributed by atoms with Crippen molar-refractivity contribution in [3.8, 4) is 0 Å². The van der Waals surface area contributed by atoms with Crippen molar-refractivity contribution in [2.45, 2.75) is 4.90 Å². The number of ether oxygens (including phenoxy) is 1. The zero-order valence-electron chi connectivity index (χ0n) is 9.38. The van der Waals surface area contributed by atoms with Crippen LogP contribution in [-0.4, -0.2) is 21.5 Å². The van der Waals surface area contributed by atoms with Gasteiger partial charge in [0.05, 0.1) is 17.6 Å². The lowest BCUT2D eigenvalue weighted by Gasteiger charge is -2.05. The van der Waals surface area contributed by atoms with Gasteiger partial charge >= 0.3 is 5.97 Å². The molecule has 2 aromatic carbocycles. The number of methoxy groups -OCH3 is 1. The monoisotopic (exact) mass is 284 g/mol. The van der Waals surface area contributed by atoms with Gasteiger partial charge in [0.2, 0.25) is 0 Å². The predicted octanol–water partition coefficient (Wildman–Crippen LogP) is 2.55. The Labute approximate surface area is 109 Å². The number of hydrogen-bond acceptors (Lipinski definition) is 4. The molecule has 2 rings (SSSR count). The van der Waals surface area contributed by atoms with Crippen LogP contribution >= 0.6 is 10.7 Å². The highest BCUT2D eigenvalue weighted by atomic mass is 35.7. The summed E-state index contributed by atoms with van der Waals surface area (Å²) in [5.74, 6) is -0.529. The van der Waals surface area contributed by atoms with Gasteiger partial charge in [-0.15, -0.1) is 0 Å². The van der Waals surface area contributed by atoms with E-state index >= 15 is 0 Å². The fourth-order valence-electron chi connectivity index (χ4n) is 1.70. The van der Waals surface area contributed by atoms with E-state index < -0.39 is 15.0 Å². The van der Waals surface area contributed by atoms with Gasteiger partial charge in [-0.1, -0.05) is 18.2 Å². The molecule has 0 radical (unpaired) electrons. The van der Waals surface area contributed by atoms with E-state index in [1.165, 1.54) is 19.2 Å². The lowest BCUT2D eigenvalue weighted by atomic mass is 10.1. The lowest BCUT2D eigenvalue weighted by Crippen LogP contribution is -2.01. The number of benzene rings is 2. The Morgan fingerprint density at radius 2 is 1.94 bits per heavy atom. The van der Waals surface area contributed by atoms with E-state index in [0.29, 0.717) is 10.8 Å². The van der Waals surface area contributed by atoms with E-state index in [9.17, 15) is 13.2 Å². The van der Waals surface area contributed by atoms with Gasteiger partial charge in [0, 0.05) is 16.1 Å². The van der Waals surface area contributed by atoms with Gasteiger partial charge < -0.3 is 4.74 Å². The van der Waals surface area contributed by atoms with Crippen LogP contribution in [0.15, 0.2) is 41.3 Å². The van der Waals surface area contributed by atoms with Gasteiger partial charge in [-0.05, 0) is 23.6 Å².